The highest BCUT2D eigenvalue weighted by atomic mass is 32.1. The van der Waals surface area contributed by atoms with Gasteiger partial charge in [-0.2, -0.15) is 4.98 Å². The fourth-order valence-electron chi connectivity index (χ4n) is 2.53. The number of carbonyl (C=O) groups excluding carboxylic acids is 1. The van der Waals surface area contributed by atoms with E-state index in [0.717, 1.165) is 16.2 Å². The molecule has 0 spiro atoms. The van der Waals surface area contributed by atoms with Gasteiger partial charge in [0.05, 0.1) is 12.0 Å². The van der Waals surface area contributed by atoms with Gasteiger partial charge in [0.2, 0.25) is 10.9 Å². The molecule has 0 saturated heterocycles. The Labute approximate surface area is 158 Å². The number of hydrogen-bond donors (Lipinski definition) is 1. The zero-order valence-corrected chi connectivity index (χ0v) is 14.9. The summed E-state index contributed by atoms with van der Waals surface area (Å²) in [6.45, 7) is 0.471. The van der Waals surface area contributed by atoms with E-state index in [1.54, 1.807) is 41.1 Å². The number of halogens is 1. The molecule has 0 aliphatic heterocycles. The molecule has 0 fully saturated rings. The van der Waals surface area contributed by atoms with Crippen LogP contribution in [-0.2, 0) is 11.2 Å². The molecule has 8 heteroatoms. The van der Waals surface area contributed by atoms with Crippen LogP contribution in [0.3, 0.4) is 0 Å². The lowest BCUT2D eigenvalue weighted by atomic mass is 10.2. The van der Waals surface area contributed by atoms with Crippen LogP contribution in [0.4, 0.5) is 4.39 Å². The number of aromatic nitrogens is 3. The van der Waals surface area contributed by atoms with Crippen LogP contribution in [0.25, 0.3) is 22.4 Å². The quantitative estimate of drug-likeness (QED) is 0.518. The van der Waals surface area contributed by atoms with Crippen LogP contribution in [0.5, 0.6) is 0 Å². The van der Waals surface area contributed by atoms with E-state index in [1.165, 1.54) is 29.5 Å². The smallest absolute Gasteiger partial charge is 0.244 e. The van der Waals surface area contributed by atoms with Crippen LogP contribution >= 0.6 is 11.3 Å². The predicted octanol–water partition coefficient (Wildman–Crippen LogP) is 3.56. The molecule has 3 heterocycles. The molecule has 1 amide bonds. The van der Waals surface area contributed by atoms with Crippen LogP contribution in [0.1, 0.15) is 11.5 Å². The van der Waals surface area contributed by atoms with E-state index >= 15 is 0 Å². The molecule has 0 aliphatic carbocycles. The van der Waals surface area contributed by atoms with Gasteiger partial charge in [0.15, 0.2) is 5.82 Å². The summed E-state index contributed by atoms with van der Waals surface area (Å²) in [7, 11) is 0. The number of carbonyl (C=O) groups is 1. The maximum absolute atomic E-state index is 13.1. The number of nitrogens with zero attached hydrogens (tertiary/aromatic N) is 3. The molecule has 1 aromatic carbocycles. The number of furan rings is 1. The monoisotopic (exact) mass is 382 g/mol. The molecule has 0 unspecified atom stereocenters. The minimum Gasteiger partial charge on any atom is -0.465 e. The molecule has 0 radical (unpaired) electrons. The summed E-state index contributed by atoms with van der Waals surface area (Å²) in [4.78, 5) is 17.1. The number of amides is 1. The zero-order valence-electron chi connectivity index (χ0n) is 14.1. The van der Waals surface area contributed by atoms with Crippen molar-refractivity contribution < 1.29 is 13.6 Å². The van der Waals surface area contributed by atoms with Crippen LogP contribution in [0, 0.1) is 5.82 Å². The molecule has 0 atom stereocenters. The molecule has 6 nitrogen and oxygen atoms in total. The lowest BCUT2D eigenvalue weighted by Crippen LogP contribution is -2.23. The lowest BCUT2D eigenvalue weighted by molar-refractivity contribution is -0.116. The number of nitrogens with one attached hydrogen (secondary N) is 1. The Morgan fingerprint density at radius 3 is 2.93 bits per heavy atom. The molecule has 136 valence electrons. The Hall–Kier alpha value is -3.26. The van der Waals surface area contributed by atoms with Crippen molar-refractivity contribution in [3.05, 3.63) is 71.4 Å². The number of benzene rings is 1. The normalized spacial score (nSPS) is 11.4. The van der Waals surface area contributed by atoms with Crippen molar-refractivity contribution in [3.63, 3.8) is 0 Å². The third-order valence-electron chi connectivity index (χ3n) is 3.87. The molecule has 0 bridgehead atoms. The van der Waals surface area contributed by atoms with Gasteiger partial charge in [0.1, 0.15) is 11.6 Å². The molecule has 1 N–H and O–H groups in total. The van der Waals surface area contributed by atoms with Crippen molar-refractivity contribution >= 4 is 28.3 Å². The summed E-state index contributed by atoms with van der Waals surface area (Å²) in [6, 6.07) is 9.61. The lowest BCUT2D eigenvalue weighted by Gasteiger charge is -2.01. The van der Waals surface area contributed by atoms with Crippen molar-refractivity contribution in [2.24, 2.45) is 0 Å². The summed E-state index contributed by atoms with van der Waals surface area (Å²) >= 11 is 1.48. The average molecular weight is 382 g/mol. The second kappa shape index (κ2) is 7.55. The fraction of sp³-hybridized carbons (Fsp3) is 0.105. The third kappa shape index (κ3) is 3.95. The molecule has 3 aromatic heterocycles. The van der Waals surface area contributed by atoms with Gasteiger partial charge in [-0.15, -0.1) is 16.4 Å². The summed E-state index contributed by atoms with van der Waals surface area (Å²) in [6.07, 6.45) is 5.22. The summed E-state index contributed by atoms with van der Waals surface area (Å²) in [5.74, 6) is 0.690. The Kier molecular flexibility index (Phi) is 4.80. The van der Waals surface area contributed by atoms with E-state index in [4.69, 9.17) is 4.42 Å². The first kappa shape index (κ1) is 17.2. The van der Waals surface area contributed by atoms with E-state index in [2.05, 4.69) is 15.4 Å². The fourth-order valence-corrected chi connectivity index (χ4v) is 3.39. The highest BCUT2D eigenvalue weighted by Gasteiger charge is 2.11. The molecule has 4 aromatic rings. The molecule has 0 saturated carbocycles. The van der Waals surface area contributed by atoms with Crippen molar-refractivity contribution in [1.29, 1.82) is 0 Å². The van der Waals surface area contributed by atoms with Gasteiger partial charge in [-0.05, 0) is 42.5 Å². The Bertz CT molecular complexity index is 1080. The minimum atomic E-state index is -0.294. The molecular weight excluding hydrogens is 367 g/mol. The van der Waals surface area contributed by atoms with Gasteiger partial charge < -0.3 is 9.73 Å². The third-order valence-corrected chi connectivity index (χ3v) is 4.74. The summed E-state index contributed by atoms with van der Waals surface area (Å²) in [5.41, 5.74) is 1.71. The van der Waals surface area contributed by atoms with Gasteiger partial charge in [0, 0.05) is 30.0 Å². The van der Waals surface area contributed by atoms with Crippen molar-refractivity contribution in [2.45, 2.75) is 6.42 Å². The number of fused-ring (bicyclic) bond motifs is 1. The van der Waals surface area contributed by atoms with E-state index in [0.29, 0.717) is 24.6 Å². The first-order valence-corrected chi connectivity index (χ1v) is 9.15. The van der Waals surface area contributed by atoms with E-state index < -0.39 is 0 Å². The first-order valence-electron chi connectivity index (χ1n) is 8.27. The first-order chi connectivity index (χ1) is 13.2. The van der Waals surface area contributed by atoms with Crippen molar-refractivity contribution in [3.8, 4) is 11.4 Å². The highest BCUT2D eigenvalue weighted by molar-refractivity contribution is 7.15. The summed E-state index contributed by atoms with van der Waals surface area (Å²) in [5, 5.41) is 9.29. The molecule has 27 heavy (non-hydrogen) atoms. The number of thiazole rings is 1. The second-order valence-electron chi connectivity index (χ2n) is 5.75. The maximum Gasteiger partial charge on any atom is 0.244 e. The van der Waals surface area contributed by atoms with Crippen LogP contribution in [-0.4, -0.2) is 27.0 Å². The van der Waals surface area contributed by atoms with Gasteiger partial charge in [-0.25, -0.2) is 8.91 Å². The van der Waals surface area contributed by atoms with Gasteiger partial charge in [-0.3, -0.25) is 4.79 Å². The Morgan fingerprint density at radius 1 is 1.30 bits per heavy atom. The van der Waals surface area contributed by atoms with Gasteiger partial charge in [-0.1, -0.05) is 0 Å². The minimum absolute atomic E-state index is 0.191. The highest BCUT2D eigenvalue weighted by Crippen LogP contribution is 2.21. The Morgan fingerprint density at radius 2 is 2.15 bits per heavy atom. The van der Waals surface area contributed by atoms with Crippen LogP contribution in [0.15, 0.2) is 58.5 Å². The zero-order chi connectivity index (χ0) is 18.6. The number of hydrogen-bond acceptors (Lipinski definition) is 5. The van der Waals surface area contributed by atoms with Crippen LogP contribution in [0.2, 0.25) is 0 Å². The average Bonchev–Trinajstić information content (AvgIpc) is 3.39. The van der Waals surface area contributed by atoms with E-state index in [9.17, 15) is 9.18 Å². The summed E-state index contributed by atoms with van der Waals surface area (Å²) < 4.78 is 20.0. The van der Waals surface area contributed by atoms with Crippen molar-refractivity contribution in [1.82, 2.24) is 19.9 Å². The largest absolute Gasteiger partial charge is 0.465 e. The molecular formula is C19H15FN4O2S. The van der Waals surface area contributed by atoms with Crippen LogP contribution < -0.4 is 5.32 Å². The van der Waals surface area contributed by atoms with Crippen molar-refractivity contribution in [2.75, 3.05) is 6.54 Å². The SMILES string of the molecule is O=C(/C=C/c1ccco1)NCCc1csc2nc(-c3ccc(F)cc3)nn12. The number of rotatable bonds is 6. The topological polar surface area (TPSA) is 72.4 Å². The molecule has 4 rings (SSSR count). The van der Waals surface area contributed by atoms with Gasteiger partial charge >= 0.3 is 0 Å². The maximum atomic E-state index is 13.1. The standard InChI is InChI=1S/C19H15FN4O2S/c20-14-5-3-13(4-6-14)18-22-19-24(23-18)15(12-27-19)9-10-21-17(25)8-7-16-2-1-11-26-16/h1-8,11-12H,9-10H2,(H,21,25)/b8-7+. The predicted molar refractivity (Wildman–Crippen MR) is 101 cm³/mol. The molecule has 0 aliphatic rings. The second-order valence-corrected chi connectivity index (χ2v) is 6.59. The Balaban J connectivity index is 1.39. The van der Waals surface area contributed by atoms with Gasteiger partial charge in [0.25, 0.3) is 0 Å². The van der Waals surface area contributed by atoms with E-state index in [-0.39, 0.29) is 11.7 Å². The van der Waals surface area contributed by atoms with E-state index in [1.807, 2.05) is 5.38 Å².